The molecule has 0 spiro atoms. The van der Waals surface area contributed by atoms with Crippen molar-refractivity contribution in [1.82, 2.24) is 14.9 Å². The van der Waals surface area contributed by atoms with E-state index in [-0.39, 0.29) is 11.8 Å². The first-order valence-corrected chi connectivity index (χ1v) is 6.35. The lowest BCUT2D eigenvalue weighted by Crippen LogP contribution is -2.28. The van der Waals surface area contributed by atoms with E-state index in [1.807, 2.05) is 6.07 Å². The molecule has 98 valence electrons. The predicted octanol–water partition coefficient (Wildman–Crippen LogP) is 1.95. The van der Waals surface area contributed by atoms with Crippen LogP contribution in [0.2, 0.25) is 0 Å². The fourth-order valence-electron chi connectivity index (χ4n) is 2.11. The number of alkyl halides is 1. The van der Waals surface area contributed by atoms with Crippen LogP contribution in [0.5, 0.6) is 0 Å². The minimum absolute atomic E-state index is 0.131. The molecular weight excluding hydrogens is 264 g/mol. The normalized spacial score (nSPS) is 12.1. The lowest BCUT2D eigenvalue weighted by Gasteiger charge is -2.15. The summed E-state index contributed by atoms with van der Waals surface area (Å²) in [6, 6.07) is 6.96. The largest absolute Gasteiger partial charge is 0.357 e. The second kappa shape index (κ2) is 5.29. The van der Waals surface area contributed by atoms with Gasteiger partial charge in [0, 0.05) is 7.05 Å². The van der Waals surface area contributed by atoms with Crippen molar-refractivity contribution in [3.8, 4) is 6.07 Å². The molecule has 6 heteroatoms. The van der Waals surface area contributed by atoms with Gasteiger partial charge in [-0.3, -0.25) is 4.79 Å². The molecule has 0 saturated heterocycles. The van der Waals surface area contributed by atoms with Crippen LogP contribution in [0.1, 0.15) is 24.4 Å². The quantitative estimate of drug-likeness (QED) is 0.871. The Morgan fingerprint density at radius 2 is 2.37 bits per heavy atom. The summed E-state index contributed by atoms with van der Waals surface area (Å²) >= 11 is 5.89. The number of carbonyl (C=O) groups excluding carboxylic acids is 1. The van der Waals surface area contributed by atoms with Crippen LogP contribution in [-0.2, 0) is 10.7 Å². The van der Waals surface area contributed by atoms with Crippen LogP contribution in [0.25, 0.3) is 11.0 Å². The van der Waals surface area contributed by atoms with Gasteiger partial charge in [0.15, 0.2) is 0 Å². The van der Waals surface area contributed by atoms with E-state index in [0.29, 0.717) is 16.9 Å². The first-order valence-electron chi connectivity index (χ1n) is 5.81. The molecule has 1 aromatic heterocycles. The third-order valence-electron chi connectivity index (χ3n) is 3.05. The van der Waals surface area contributed by atoms with Crippen molar-refractivity contribution in [3.63, 3.8) is 0 Å². The van der Waals surface area contributed by atoms with E-state index < -0.39 is 6.04 Å². The van der Waals surface area contributed by atoms with Gasteiger partial charge in [-0.05, 0) is 19.1 Å². The lowest BCUT2D eigenvalue weighted by molar-refractivity contribution is -0.123. The van der Waals surface area contributed by atoms with E-state index in [2.05, 4.69) is 16.4 Å². The average Bonchev–Trinajstić information content (AvgIpc) is 2.83. The van der Waals surface area contributed by atoms with E-state index in [9.17, 15) is 4.79 Å². The molecule has 0 radical (unpaired) electrons. The molecule has 2 rings (SSSR count). The van der Waals surface area contributed by atoms with Gasteiger partial charge >= 0.3 is 0 Å². The number of nitrogens with one attached hydrogen (secondary N) is 1. The standard InChI is InChI=1S/C13H13ClN4O/c1-8(13(19)16-2)18-10-5-3-4-9(7-15)12(10)17-11(18)6-14/h3-5,8H,6H2,1-2H3,(H,16,19). The number of imidazole rings is 1. The van der Waals surface area contributed by atoms with Gasteiger partial charge in [0.25, 0.3) is 0 Å². The van der Waals surface area contributed by atoms with Crippen molar-refractivity contribution < 1.29 is 4.79 Å². The van der Waals surface area contributed by atoms with Crippen molar-refractivity contribution >= 4 is 28.5 Å². The summed E-state index contributed by atoms with van der Waals surface area (Å²) in [6.07, 6.45) is 0. The average molecular weight is 277 g/mol. The van der Waals surface area contributed by atoms with Crippen molar-refractivity contribution in [2.75, 3.05) is 7.05 Å². The van der Waals surface area contributed by atoms with Crippen molar-refractivity contribution in [2.45, 2.75) is 18.8 Å². The van der Waals surface area contributed by atoms with Crippen LogP contribution >= 0.6 is 11.6 Å². The zero-order chi connectivity index (χ0) is 14.0. The summed E-state index contributed by atoms with van der Waals surface area (Å²) in [5, 5.41) is 11.7. The SMILES string of the molecule is CNC(=O)C(C)n1c(CCl)nc2c(C#N)cccc21. The number of hydrogen-bond donors (Lipinski definition) is 1. The minimum atomic E-state index is -0.433. The molecule has 1 aromatic carbocycles. The smallest absolute Gasteiger partial charge is 0.242 e. The first-order chi connectivity index (χ1) is 9.13. The van der Waals surface area contributed by atoms with E-state index in [4.69, 9.17) is 16.9 Å². The summed E-state index contributed by atoms with van der Waals surface area (Å²) in [6.45, 7) is 1.77. The van der Waals surface area contributed by atoms with Gasteiger partial charge in [0.05, 0.1) is 17.0 Å². The lowest BCUT2D eigenvalue weighted by atomic mass is 10.2. The number of fused-ring (bicyclic) bond motifs is 1. The Morgan fingerprint density at radius 1 is 1.63 bits per heavy atom. The third kappa shape index (κ3) is 2.15. The highest BCUT2D eigenvalue weighted by atomic mass is 35.5. The minimum Gasteiger partial charge on any atom is -0.357 e. The fraction of sp³-hybridized carbons (Fsp3) is 0.308. The maximum absolute atomic E-state index is 11.8. The van der Waals surface area contributed by atoms with Gasteiger partial charge in [-0.1, -0.05) is 6.07 Å². The highest BCUT2D eigenvalue weighted by molar-refractivity contribution is 6.17. The van der Waals surface area contributed by atoms with Gasteiger partial charge in [-0.2, -0.15) is 5.26 Å². The molecule has 19 heavy (non-hydrogen) atoms. The Bertz CT molecular complexity index is 671. The second-order valence-corrected chi connectivity index (χ2v) is 4.37. The number of nitrogens with zero attached hydrogens (tertiary/aromatic N) is 3. The van der Waals surface area contributed by atoms with Gasteiger partial charge < -0.3 is 9.88 Å². The summed E-state index contributed by atoms with van der Waals surface area (Å²) in [4.78, 5) is 16.2. The summed E-state index contributed by atoms with van der Waals surface area (Å²) in [7, 11) is 1.58. The van der Waals surface area contributed by atoms with Crippen LogP contribution in [0, 0.1) is 11.3 Å². The zero-order valence-electron chi connectivity index (χ0n) is 10.6. The van der Waals surface area contributed by atoms with Crippen LogP contribution in [0.15, 0.2) is 18.2 Å². The molecule has 5 nitrogen and oxygen atoms in total. The summed E-state index contributed by atoms with van der Waals surface area (Å²) in [5.74, 6) is 0.629. The molecule has 0 bridgehead atoms. The Balaban J connectivity index is 2.72. The van der Waals surface area contributed by atoms with E-state index >= 15 is 0 Å². The number of likely N-dealkylation sites (N-methyl/N-ethyl adjacent to an activating group) is 1. The molecule has 0 saturated carbocycles. The number of hydrogen-bond acceptors (Lipinski definition) is 3. The van der Waals surface area contributed by atoms with E-state index in [1.54, 1.807) is 30.7 Å². The van der Waals surface area contributed by atoms with Crippen LogP contribution < -0.4 is 5.32 Å². The fourth-order valence-corrected chi connectivity index (χ4v) is 2.30. The zero-order valence-corrected chi connectivity index (χ0v) is 11.4. The van der Waals surface area contributed by atoms with Gasteiger partial charge in [0.1, 0.15) is 23.5 Å². The number of amides is 1. The molecule has 1 atom stereocenters. The molecule has 1 N–H and O–H groups in total. The van der Waals surface area contributed by atoms with Gasteiger partial charge in [0.2, 0.25) is 5.91 Å². The number of nitriles is 1. The second-order valence-electron chi connectivity index (χ2n) is 4.11. The number of carbonyl (C=O) groups is 1. The molecular formula is C13H13ClN4O. The van der Waals surface area contributed by atoms with Crippen LogP contribution in [-0.4, -0.2) is 22.5 Å². The first kappa shape index (κ1) is 13.4. The maximum Gasteiger partial charge on any atom is 0.242 e. The Kier molecular flexibility index (Phi) is 3.72. The number of para-hydroxylation sites is 1. The Hall–Kier alpha value is -2.06. The summed E-state index contributed by atoms with van der Waals surface area (Å²) < 4.78 is 1.77. The molecule has 0 aliphatic heterocycles. The highest BCUT2D eigenvalue weighted by Gasteiger charge is 2.21. The van der Waals surface area contributed by atoms with Crippen molar-refractivity contribution in [2.24, 2.45) is 0 Å². The number of halogens is 1. The maximum atomic E-state index is 11.8. The Morgan fingerprint density at radius 3 is 2.95 bits per heavy atom. The molecule has 1 amide bonds. The molecule has 0 fully saturated rings. The monoisotopic (exact) mass is 276 g/mol. The third-order valence-corrected chi connectivity index (χ3v) is 3.29. The molecule has 1 heterocycles. The molecule has 0 aliphatic carbocycles. The molecule has 2 aromatic rings. The topological polar surface area (TPSA) is 70.7 Å². The van der Waals surface area contributed by atoms with Crippen molar-refractivity contribution in [3.05, 3.63) is 29.6 Å². The Labute approximate surface area is 115 Å². The van der Waals surface area contributed by atoms with Gasteiger partial charge in [-0.15, -0.1) is 11.6 Å². The van der Waals surface area contributed by atoms with Gasteiger partial charge in [-0.25, -0.2) is 4.98 Å². The summed E-state index contributed by atoms with van der Waals surface area (Å²) in [5.41, 5.74) is 1.80. The number of rotatable bonds is 3. The number of benzene rings is 1. The van der Waals surface area contributed by atoms with Crippen molar-refractivity contribution in [1.29, 1.82) is 5.26 Å². The van der Waals surface area contributed by atoms with Crippen LogP contribution in [0.4, 0.5) is 0 Å². The molecule has 0 aliphatic rings. The highest BCUT2D eigenvalue weighted by Crippen LogP contribution is 2.24. The molecule has 1 unspecified atom stereocenters. The van der Waals surface area contributed by atoms with E-state index in [0.717, 1.165) is 5.52 Å². The predicted molar refractivity (Wildman–Crippen MR) is 72.8 cm³/mol. The number of aromatic nitrogens is 2. The van der Waals surface area contributed by atoms with Crippen LogP contribution in [0.3, 0.4) is 0 Å². The van der Waals surface area contributed by atoms with E-state index in [1.165, 1.54) is 0 Å².